The summed E-state index contributed by atoms with van der Waals surface area (Å²) in [7, 11) is 4.01. The Morgan fingerprint density at radius 1 is 1.11 bits per heavy atom. The third-order valence-electron chi connectivity index (χ3n) is 2.91. The van der Waals surface area contributed by atoms with E-state index in [0.717, 1.165) is 17.1 Å². The second-order valence-electron chi connectivity index (χ2n) is 4.40. The average molecular weight is 274 g/mol. The van der Waals surface area contributed by atoms with Gasteiger partial charge in [0.15, 0.2) is 11.5 Å². The highest BCUT2D eigenvalue weighted by molar-refractivity contribution is 6.29. The molecule has 96 valence electrons. The zero-order chi connectivity index (χ0) is 13.4. The van der Waals surface area contributed by atoms with Crippen molar-refractivity contribution in [1.82, 2.24) is 19.6 Å². The molecule has 0 aliphatic rings. The lowest BCUT2D eigenvalue weighted by molar-refractivity contribution is 1.08. The zero-order valence-electron chi connectivity index (χ0n) is 10.6. The zero-order valence-corrected chi connectivity index (χ0v) is 11.3. The molecule has 0 saturated carbocycles. The quantitative estimate of drug-likeness (QED) is 0.673. The highest BCUT2D eigenvalue weighted by atomic mass is 35.5. The summed E-state index contributed by atoms with van der Waals surface area (Å²) in [5.41, 5.74) is 2.81. The number of halogens is 1. The van der Waals surface area contributed by atoms with Crippen LogP contribution in [0, 0.1) is 0 Å². The number of aromatic nitrogens is 4. The predicted molar refractivity (Wildman–Crippen MR) is 75.6 cm³/mol. The molecule has 0 N–H and O–H groups in total. The minimum absolute atomic E-state index is 0.411. The Balaban J connectivity index is 2.09. The first-order chi connectivity index (χ1) is 9.15. The Morgan fingerprint density at radius 2 is 1.84 bits per heavy atom. The number of fused-ring (bicyclic) bond motifs is 1. The van der Waals surface area contributed by atoms with Crippen molar-refractivity contribution in [2.45, 2.75) is 0 Å². The molecule has 19 heavy (non-hydrogen) atoms. The molecule has 0 bridgehead atoms. The van der Waals surface area contributed by atoms with Gasteiger partial charge in [0, 0.05) is 31.4 Å². The molecule has 6 heteroatoms. The van der Waals surface area contributed by atoms with E-state index >= 15 is 0 Å². The van der Waals surface area contributed by atoms with E-state index in [1.165, 1.54) is 0 Å². The largest absolute Gasteiger partial charge is 0.378 e. The summed E-state index contributed by atoms with van der Waals surface area (Å²) in [6.07, 6.45) is 1.63. The highest BCUT2D eigenvalue weighted by Crippen LogP contribution is 2.21. The fourth-order valence-corrected chi connectivity index (χ4v) is 2.02. The van der Waals surface area contributed by atoms with Crippen LogP contribution < -0.4 is 4.90 Å². The van der Waals surface area contributed by atoms with E-state index in [1.807, 2.05) is 47.7 Å². The van der Waals surface area contributed by atoms with Gasteiger partial charge in [-0.2, -0.15) is 0 Å². The van der Waals surface area contributed by atoms with Crippen molar-refractivity contribution in [1.29, 1.82) is 0 Å². The van der Waals surface area contributed by atoms with Crippen molar-refractivity contribution >= 4 is 22.9 Å². The van der Waals surface area contributed by atoms with Gasteiger partial charge in [0.1, 0.15) is 11.5 Å². The summed E-state index contributed by atoms with van der Waals surface area (Å²) in [4.78, 5) is 6.10. The fraction of sp³-hybridized carbons (Fsp3) is 0.154. The SMILES string of the molecule is CN(C)c1ccc(-c2nnc3cc(Cl)ncn23)cc1. The Morgan fingerprint density at radius 3 is 2.53 bits per heavy atom. The van der Waals surface area contributed by atoms with Gasteiger partial charge in [0.05, 0.1) is 0 Å². The molecule has 2 aromatic heterocycles. The van der Waals surface area contributed by atoms with E-state index in [2.05, 4.69) is 15.2 Å². The molecule has 5 nitrogen and oxygen atoms in total. The molecular weight excluding hydrogens is 262 g/mol. The Labute approximate surface area is 115 Å². The molecule has 0 unspecified atom stereocenters. The fourth-order valence-electron chi connectivity index (χ4n) is 1.88. The summed E-state index contributed by atoms with van der Waals surface area (Å²) in [6.45, 7) is 0. The van der Waals surface area contributed by atoms with Crippen LogP contribution in [0.4, 0.5) is 5.69 Å². The molecule has 0 spiro atoms. The third kappa shape index (κ3) is 2.13. The van der Waals surface area contributed by atoms with Gasteiger partial charge in [-0.15, -0.1) is 10.2 Å². The lowest BCUT2D eigenvalue weighted by Crippen LogP contribution is -2.08. The Hall–Kier alpha value is -2.14. The van der Waals surface area contributed by atoms with Crippen molar-refractivity contribution in [2.75, 3.05) is 19.0 Å². The summed E-state index contributed by atoms with van der Waals surface area (Å²) in [6, 6.07) is 9.80. The molecule has 0 radical (unpaired) electrons. The summed E-state index contributed by atoms with van der Waals surface area (Å²) in [5.74, 6) is 0.754. The minimum atomic E-state index is 0.411. The minimum Gasteiger partial charge on any atom is -0.378 e. The molecule has 0 aliphatic heterocycles. The standard InChI is InChI=1S/C13H12ClN5/c1-18(2)10-5-3-9(4-6-10)13-17-16-12-7-11(14)15-8-19(12)13/h3-8H,1-2H3. The summed E-state index contributed by atoms with van der Waals surface area (Å²) in [5, 5.41) is 8.68. The molecule has 1 aromatic carbocycles. The number of anilines is 1. The molecule has 0 fully saturated rings. The van der Waals surface area contributed by atoms with Crippen LogP contribution in [-0.4, -0.2) is 33.7 Å². The van der Waals surface area contributed by atoms with Crippen LogP contribution in [0.2, 0.25) is 5.15 Å². The molecule has 0 saturated heterocycles. The number of hydrogen-bond donors (Lipinski definition) is 0. The molecule has 0 aliphatic carbocycles. The Bertz CT molecular complexity index is 717. The van der Waals surface area contributed by atoms with Gasteiger partial charge in [0.2, 0.25) is 0 Å². The predicted octanol–water partition coefficient (Wildman–Crippen LogP) is 2.51. The number of rotatable bonds is 2. The number of nitrogens with zero attached hydrogens (tertiary/aromatic N) is 5. The monoisotopic (exact) mass is 273 g/mol. The van der Waals surface area contributed by atoms with Crippen LogP contribution >= 0.6 is 11.6 Å². The normalized spacial score (nSPS) is 10.9. The van der Waals surface area contributed by atoms with Gasteiger partial charge in [-0.3, -0.25) is 4.40 Å². The van der Waals surface area contributed by atoms with Crippen molar-refractivity contribution in [3.8, 4) is 11.4 Å². The van der Waals surface area contributed by atoms with Crippen LogP contribution in [0.15, 0.2) is 36.7 Å². The van der Waals surface area contributed by atoms with Crippen LogP contribution in [-0.2, 0) is 0 Å². The van der Waals surface area contributed by atoms with E-state index < -0.39 is 0 Å². The smallest absolute Gasteiger partial charge is 0.169 e. The van der Waals surface area contributed by atoms with Crippen molar-refractivity contribution < 1.29 is 0 Å². The second-order valence-corrected chi connectivity index (χ2v) is 4.79. The first-order valence-corrected chi connectivity index (χ1v) is 6.17. The van der Waals surface area contributed by atoms with Gasteiger partial charge in [-0.25, -0.2) is 4.98 Å². The van der Waals surface area contributed by atoms with Crippen molar-refractivity contribution in [3.05, 3.63) is 41.8 Å². The maximum atomic E-state index is 5.83. The van der Waals surface area contributed by atoms with Gasteiger partial charge >= 0.3 is 0 Å². The lowest BCUT2D eigenvalue weighted by Gasteiger charge is -2.12. The van der Waals surface area contributed by atoms with Crippen LogP contribution in [0.1, 0.15) is 0 Å². The highest BCUT2D eigenvalue weighted by Gasteiger charge is 2.08. The number of benzene rings is 1. The van der Waals surface area contributed by atoms with E-state index in [4.69, 9.17) is 11.6 Å². The van der Waals surface area contributed by atoms with Crippen molar-refractivity contribution in [3.63, 3.8) is 0 Å². The van der Waals surface area contributed by atoms with Gasteiger partial charge < -0.3 is 4.90 Å². The topological polar surface area (TPSA) is 46.3 Å². The van der Waals surface area contributed by atoms with Crippen LogP contribution in [0.3, 0.4) is 0 Å². The summed E-state index contributed by atoms with van der Waals surface area (Å²) >= 11 is 5.83. The van der Waals surface area contributed by atoms with Crippen molar-refractivity contribution in [2.24, 2.45) is 0 Å². The van der Waals surface area contributed by atoms with Gasteiger partial charge in [0.25, 0.3) is 0 Å². The van der Waals surface area contributed by atoms with Gasteiger partial charge in [-0.05, 0) is 24.3 Å². The third-order valence-corrected chi connectivity index (χ3v) is 3.12. The van der Waals surface area contributed by atoms with Gasteiger partial charge in [-0.1, -0.05) is 11.6 Å². The maximum absolute atomic E-state index is 5.83. The maximum Gasteiger partial charge on any atom is 0.169 e. The van der Waals surface area contributed by atoms with E-state index in [1.54, 1.807) is 12.4 Å². The second kappa shape index (κ2) is 4.51. The number of hydrogen-bond acceptors (Lipinski definition) is 4. The first-order valence-electron chi connectivity index (χ1n) is 5.79. The summed E-state index contributed by atoms with van der Waals surface area (Å²) < 4.78 is 1.82. The van der Waals surface area contributed by atoms with E-state index in [9.17, 15) is 0 Å². The van der Waals surface area contributed by atoms with Crippen LogP contribution in [0.25, 0.3) is 17.0 Å². The first kappa shape index (κ1) is 11.9. The molecule has 3 aromatic rings. The molecular formula is C13H12ClN5. The van der Waals surface area contributed by atoms with E-state index in [-0.39, 0.29) is 0 Å². The molecule has 0 amide bonds. The average Bonchev–Trinajstić information content (AvgIpc) is 2.81. The molecule has 2 heterocycles. The van der Waals surface area contributed by atoms with Crippen LogP contribution in [0.5, 0.6) is 0 Å². The Kier molecular flexibility index (Phi) is 2.83. The lowest BCUT2D eigenvalue weighted by atomic mass is 10.2. The van der Waals surface area contributed by atoms with E-state index in [0.29, 0.717) is 10.8 Å². The molecule has 0 atom stereocenters. The molecule has 3 rings (SSSR count).